The van der Waals surface area contributed by atoms with Gasteiger partial charge >= 0.3 is 0 Å². The molecule has 0 saturated heterocycles. The van der Waals surface area contributed by atoms with Gasteiger partial charge in [-0.1, -0.05) is 24.3 Å². The molecule has 0 radical (unpaired) electrons. The van der Waals surface area contributed by atoms with Gasteiger partial charge in [-0.25, -0.2) is 4.68 Å². The zero-order chi connectivity index (χ0) is 15.7. The highest BCUT2D eigenvalue weighted by atomic mass is 16.5. The molecule has 1 saturated carbocycles. The first-order chi connectivity index (χ1) is 10.6. The van der Waals surface area contributed by atoms with Crippen molar-refractivity contribution >= 4 is 0 Å². The lowest BCUT2D eigenvalue weighted by Gasteiger charge is -2.26. The number of aryl methyl sites for hydroxylation is 2. The average molecular weight is 302 g/mol. The van der Waals surface area contributed by atoms with Crippen LogP contribution in [-0.2, 0) is 7.05 Å². The molecule has 1 N–H and O–H groups in total. The van der Waals surface area contributed by atoms with Gasteiger partial charge in [0.1, 0.15) is 11.4 Å². The lowest BCUT2D eigenvalue weighted by Crippen LogP contribution is -2.27. The van der Waals surface area contributed by atoms with E-state index < -0.39 is 0 Å². The lowest BCUT2D eigenvalue weighted by molar-refractivity contribution is 0.153. The number of nitrogens with zero attached hydrogens (tertiary/aromatic N) is 2. The van der Waals surface area contributed by atoms with E-state index in [9.17, 15) is 9.90 Å². The number of hydrogen-bond donors (Lipinski definition) is 1. The van der Waals surface area contributed by atoms with E-state index in [1.54, 1.807) is 7.05 Å². The van der Waals surface area contributed by atoms with Crippen LogP contribution in [0.2, 0.25) is 0 Å². The Morgan fingerprint density at radius 1 is 1.50 bits per heavy atom. The van der Waals surface area contributed by atoms with Crippen molar-refractivity contribution in [3.8, 4) is 5.75 Å². The Morgan fingerprint density at radius 3 is 2.95 bits per heavy atom. The molecule has 22 heavy (non-hydrogen) atoms. The van der Waals surface area contributed by atoms with Crippen LogP contribution in [0.25, 0.3) is 0 Å². The lowest BCUT2D eigenvalue weighted by atomic mass is 9.83. The van der Waals surface area contributed by atoms with E-state index in [1.807, 2.05) is 6.92 Å². The van der Waals surface area contributed by atoms with Crippen LogP contribution in [0.1, 0.15) is 18.5 Å². The maximum absolute atomic E-state index is 11.7. The third kappa shape index (κ3) is 2.61. The summed E-state index contributed by atoms with van der Waals surface area (Å²) in [6.45, 7) is 2.53. The van der Waals surface area contributed by atoms with Gasteiger partial charge in [-0.15, -0.1) is 0 Å². The van der Waals surface area contributed by atoms with E-state index in [4.69, 9.17) is 4.74 Å². The Labute approximate surface area is 129 Å². The van der Waals surface area contributed by atoms with Crippen molar-refractivity contribution in [1.82, 2.24) is 9.78 Å². The summed E-state index contributed by atoms with van der Waals surface area (Å²) in [7, 11) is 1.63. The van der Waals surface area contributed by atoms with Crippen molar-refractivity contribution in [2.75, 3.05) is 13.2 Å². The van der Waals surface area contributed by atoms with E-state index in [-0.39, 0.29) is 23.5 Å². The van der Waals surface area contributed by atoms with Crippen LogP contribution in [0.3, 0.4) is 0 Å². The molecular weight excluding hydrogens is 280 g/mol. The average Bonchev–Trinajstić information content (AvgIpc) is 3.25. The Morgan fingerprint density at radius 2 is 2.32 bits per heavy atom. The second-order valence-corrected chi connectivity index (χ2v) is 6.32. The summed E-state index contributed by atoms with van der Waals surface area (Å²) in [4.78, 5) is 11.7. The number of ether oxygens (including phenoxy) is 1. The molecule has 0 bridgehead atoms. The highest BCUT2D eigenvalue weighted by molar-refractivity contribution is 5.25. The first-order valence-corrected chi connectivity index (χ1v) is 7.69. The highest BCUT2D eigenvalue weighted by Crippen LogP contribution is 2.59. The molecule has 0 amide bonds. The molecule has 0 aromatic carbocycles. The van der Waals surface area contributed by atoms with Crippen LogP contribution in [0.5, 0.6) is 5.75 Å². The maximum atomic E-state index is 11.7. The largest absolute Gasteiger partial charge is 0.491 e. The van der Waals surface area contributed by atoms with E-state index in [1.165, 1.54) is 10.7 Å². The Kier molecular flexibility index (Phi) is 3.91. The van der Waals surface area contributed by atoms with Crippen molar-refractivity contribution in [2.24, 2.45) is 24.3 Å². The second kappa shape index (κ2) is 5.72. The van der Waals surface area contributed by atoms with E-state index in [0.29, 0.717) is 24.0 Å². The van der Waals surface area contributed by atoms with Crippen LogP contribution in [0.4, 0.5) is 0 Å². The van der Waals surface area contributed by atoms with Gasteiger partial charge in [0, 0.05) is 25.1 Å². The zero-order valence-corrected chi connectivity index (χ0v) is 13.0. The first-order valence-electron chi connectivity index (χ1n) is 7.69. The minimum Gasteiger partial charge on any atom is -0.491 e. The van der Waals surface area contributed by atoms with Crippen molar-refractivity contribution in [3.05, 3.63) is 46.4 Å². The quantitative estimate of drug-likeness (QED) is 0.897. The number of hydrogen-bond acceptors (Lipinski definition) is 4. The molecule has 1 heterocycles. The number of rotatable bonds is 5. The standard InChI is InChI=1S/C17H22N2O3/c1-12-15(8-16(21)19(2)18-12)22-11-17(9-14(17)10-20)13-6-4-3-5-7-13/h3-6,8,13-14,20H,7,9-11H2,1-2H3/t13?,14-,17+/m0/s1. The SMILES string of the molecule is Cc1nn(C)c(=O)cc1OC[C@@]1(C2C=CC=CC2)C[C@H]1CO. The van der Waals surface area contributed by atoms with Gasteiger partial charge < -0.3 is 9.84 Å². The zero-order valence-electron chi connectivity index (χ0n) is 13.0. The molecule has 2 aliphatic rings. The number of aromatic nitrogens is 2. The summed E-state index contributed by atoms with van der Waals surface area (Å²) in [6, 6.07) is 1.49. The van der Waals surface area contributed by atoms with E-state index >= 15 is 0 Å². The van der Waals surface area contributed by atoms with Gasteiger partial charge in [0.15, 0.2) is 0 Å². The molecule has 118 valence electrons. The predicted octanol–water partition coefficient (Wildman–Crippen LogP) is 1.60. The Bertz CT molecular complexity index is 677. The molecule has 1 aromatic rings. The molecule has 5 heteroatoms. The smallest absolute Gasteiger partial charge is 0.270 e. The monoisotopic (exact) mass is 302 g/mol. The second-order valence-electron chi connectivity index (χ2n) is 6.32. The Hall–Kier alpha value is -1.88. The van der Waals surface area contributed by atoms with Gasteiger partial charge in [-0.2, -0.15) is 5.10 Å². The van der Waals surface area contributed by atoms with E-state index in [0.717, 1.165) is 12.8 Å². The van der Waals surface area contributed by atoms with Crippen molar-refractivity contribution in [2.45, 2.75) is 19.8 Å². The molecule has 1 unspecified atom stereocenters. The van der Waals surface area contributed by atoms with Crippen LogP contribution in [0.15, 0.2) is 35.2 Å². The fourth-order valence-electron chi connectivity index (χ4n) is 3.38. The van der Waals surface area contributed by atoms with Crippen LogP contribution in [0, 0.1) is 24.2 Å². The molecule has 2 aliphatic carbocycles. The summed E-state index contributed by atoms with van der Waals surface area (Å²) in [6.07, 6.45) is 10.4. The van der Waals surface area contributed by atoms with Crippen molar-refractivity contribution < 1.29 is 9.84 Å². The third-order valence-corrected chi connectivity index (χ3v) is 4.95. The molecule has 5 nitrogen and oxygen atoms in total. The third-order valence-electron chi connectivity index (χ3n) is 4.95. The van der Waals surface area contributed by atoms with Crippen LogP contribution >= 0.6 is 0 Å². The molecular formula is C17H22N2O3. The molecule has 1 fully saturated rings. The van der Waals surface area contributed by atoms with Gasteiger partial charge in [0.2, 0.25) is 0 Å². The first kappa shape index (κ1) is 15.0. The summed E-state index contributed by atoms with van der Waals surface area (Å²) in [5, 5.41) is 13.7. The van der Waals surface area contributed by atoms with Crippen LogP contribution < -0.4 is 10.3 Å². The van der Waals surface area contributed by atoms with Crippen molar-refractivity contribution in [1.29, 1.82) is 0 Å². The minimum atomic E-state index is -0.176. The van der Waals surface area contributed by atoms with Gasteiger partial charge in [0.25, 0.3) is 5.56 Å². The molecule has 3 atom stereocenters. The highest BCUT2D eigenvalue weighted by Gasteiger charge is 2.58. The van der Waals surface area contributed by atoms with Gasteiger partial charge in [-0.05, 0) is 31.6 Å². The molecule has 0 spiro atoms. The maximum Gasteiger partial charge on any atom is 0.270 e. The molecule has 1 aromatic heterocycles. The summed E-state index contributed by atoms with van der Waals surface area (Å²) in [5.41, 5.74) is 0.506. The molecule has 0 aliphatic heterocycles. The van der Waals surface area contributed by atoms with Gasteiger partial charge in [0.05, 0.1) is 6.61 Å². The number of aliphatic hydroxyl groups is 1. The van der Waals surface area contributed by atoms with Gasteiger partial charge in [-0.3, -0.25) is 4.79 Å². The topological polar surface area (TPSA) is 64.4 Å². The minimum absolute atomic E-state index is 0.0243. The fourth-order valence-corrected chi connectivity index (χ4v) is 3.38. The Balaban J connectivity index is 1.76. The van der Waals surface area contributed by atoms with E-state index in [2.05, 4.69) is 29.4 Å². The summed E-state index contributed by atoms with van der Waals surface area (Å²) in [5.74, 6) is 1.20. The summed E-state index contributed by atoms with van der Waals surface area (Å²) >= 11 is 0. The molecule has 3 rings (SSSR count). The van der Waals surface area contributed by atoms with Crippen LogP contribution in [-0.4, -0.2) is 28.1 Å². The predicted molar refractivity (Wildman–Crippen MR) is 83.7 cm³/mol. The number of allylic oxidation sites excluding steroid dienone is 4. The normalized spacial score (nSPS) is 29.6. The fraction of sp³-hybridized carbons (Fsp3) is 0.529. The number of aliphatic hydroxyl groups excluding tert-OH is 1. The summed E-state index contributed by atoms with van der Waals surface area (Å²) < 4.78 is 7.25. The van der Waals surface area contributed by atoms with Crippen molar-refractivity contribution in [3.63, 3.8) is 0 Å².